The molecule has 0 N–H and O–H groups in total. The molecule has 1 saturated heterocycles. The average molecular weight is 507 g/mol. The van der Waals surface area contributed by atoms with Crippen LogP contribution in [0.15, 0.2) is 33.9 Å². The van der Waals surface area contributed by atoms with E-state index in [1.165, 1.54) is 21.2 Å². The number of likely N-dealkylation sites (N-methyl/N-ethyl adjacent to an activating group) is 1. The lowest BCUT2D eigenvalue weighted by Gasteiger charge is -2.33. The molecule has 0 aliphatic carbocycles. The Morgan fingerprint density at radius 2 is 1.91 bits per heavy atom. The van der Waals surface area contributed by atoms with E-state index in [0.717, 1.165) is 27.5 Å². The zero-order chi connectivity index (χ0) is 23.8. The Morgan fingerprint density at radius 3 is 2.55 bits per heavy atom. The number of rotatable bonds is 7. The molecule has 2 aromatic heterocycles. The van der Waals surface area contributed by atoms with Gasteiger partial charge in [0.15, 0.2) is 5.13 Å². The second kappa shape index (κ2) is 9.79. The third-order valence-electron chi connectivity index (χ3n) is 5.97. The first-order chi connectivity index (χ1) is 15.7. The molecular formula is C23H30N4O3S3. The van der Waals surface area contributed by atoms with Crippen LogP contribution in [0.3, 0.4) is 0 Å². The summed E-state index contributed by atoms with van der Waals surface area (Å²) in [5.41, 5.74) is 3.25. The fourth-order valence-electron chi connectivity index (χ4n) is 4.18. The second-order valence-electron chi connectivity index (χ2n) is 8.83. The Morgan fingerprint density at radius 1 is 1.18 bits per heavy atom. The van der Waals surface area contributed by atoms with Crippen LogP contribution in [0.5, 0.6) is 0 Å². The highest BCUT2D eigenvalue weighted by molar-refractivity contribution is 7.91. The van der Waals surface area contributed by atoms with Gasteiger partial charge in [-0.05, 0) is 69.4 Å². The highest BCUT2D eigenvalue weighted by atomic mass is 32.2. The number of nitrogens with zero attached hydrogens (tertiary/aromatic N) is 4. The van der Waals surface area contributed by atoms with Crippen molar-refractivity contribution < 1.29 is 13.2 Å². The standard InChI is InChI=1S/C23H30N4O3S3/c1-16-14-17(2)21-19(15-16)24-23(32-21)27(12-11-25(3)4)22(28)18-7-9-26(10-8-18)33(29,30)20-6-5-13-31-20/h5-6,13-15,18H,7-12H2,1-4H3. The summed E-state index contributed by atoms with van der Waals surface area (Å²) in [6.07, 6.45) is 1.04. The number of aryl methyl sites for hydroxylation is 2. The first kappa shape index (κ1) is 24.3. The molecule has 0 atom stereocenters. The van der Waals surface area contributed by atoms with E-state index < -0.39 is 10.0 Å². The highest BCUT2D eigenvalue weighted by Gasteiger charge is 2.35. The van der Waals surface area contributed by atoms with E-state index in [4.69, 9.17) is 4.98 Å². The molecule has 0 bridgehead atoms. The van der Waals surface area contributed by atoms with E-state index in [2.05, 4.69) is 30.9 Å². The first-order valence-corrected chi connectivity index (χ1v) is 14.2. The molecule has 1 amide bonds. The molecule has 178 valence electrons. The molecular weight excluding hydrogens is 476 g/mol. The van der Waals surface area contributed by atoms with Gasteiger partial charge >= 0.3 is 0 Å². The van der Waals surface area contributed by atoms with Crippen LogP contribution in [0, 0.1) is 19.8 Å². The van der Waals surface area contributed by atoms with Crippen molar-refractivity contribution in [1.82, 2.24) is 14.2 Å². The Balaban J connectivity index is 1.54. The summed E-state index contributed by atoms with van der Waals surface area (Å²) in [5, 5.41) is 2.49. The minimum atomic E-state index is -3.48. The van der Waals surface area contributed by atoms with Crippen molar-refractivity contribution in [3.63, 3.8) is 0 Å². The van der Waals surface area contributed by atoms with Crippen molar-refractivity contribution in [3.05, 3.63) is 40.8 Å². The number of anilines is 1. The molecule has 33 heavy (non-hydrogen) atoms. The molecule has 3 aromatic rings. The number of amides is 1. The number of thiophene rings is 1. The molecule has 10 heteroatoms. The largest absolute Gasteiger partial charge is 0.308 e. The third-order valence-corrected chi connectivity index (χ3v) is 10.5. The molecule has 4 rings (SSSR count). The van der Waals surface area contributed by atoms with E-state index in [-0.39, 0.29) is 11.8 Å². The Hall–Kier alpha value is -1.85. The quantitative estimate of drug-likeness (QED) is 0.485. The molecule has 1 fully saturated rings. The molecule has 0 unspecified atom stereocenters. The number of thiazole rings is 1. The van der Waals surface area contributed by atoms with E-state index in [0.29, 0.717) is 36.7 Å². The van der Waals surface area contributed by atoms with Crippen LogP contribution < -0.4 is 4.90 Å². The maximum absolute atomic E-state index is 13.6. The number of hydrogen-bond donors (Lipinski definition) is 0. The second-order valence-corrected chi connectivity index (χ2v) is 12.9. The van der Waals surface area contributed by atoms with Gasteiger partial charge in [-0.1, -0.05) is 23.5 Å². The molecule has 1 aliphatic rings. The third kappa shape index (κ3) is 5.14. The average Bonchev–Trinajstić information content (AvgIpc) is 3.44. The molecule has 1 aliphatic heterocycles. The summed E-state index contributed by atoms with van der Waals surface area (Å²) in [6.45, 7) is 6.13. The monoisotopic (exact) mass is 506 g/mol. The summed E-state index contributed by atoms with van der Waals surface area (Å²) in [5.74, 6) is -0.171. The van der Waals surface area contributed by atoms with Crippen molar-refractivity contribution in [1.29, 1.82) is 0 Å². The van der Waals surface area contributed by atoms with E-state index in [9.17, 15) is 13.2 Å². The molecule has 0 radical (unpaired) electrons. The predicted octanol–water partition coefficient (Wildman–Crippen LogP) is 3.97. The van der Waals surface area contributed by atoms with Gasteiger partial charge in [0.2, 0.25) is 5.91 Å². The van der Waals surface area contributed by atoms with Crippen molar-refractivity contribution in [2.75, 3.05) is 45.2 Å². The van der Waals surface area contributed by atoms with Crippen LogP contribution >= 0.6 is 22.7 Å². The predicted molar refractivity (Wildman–Crippen MR) is 136 cm³/mol. The van der Waals surface area contributed by atoms with E-state index in [1.54, 1.807) is 28.8 Å². The van der Waals surface area contributed by atoms with Crippen molar-refractivity contribution in [3.8, 4) is 0 Å². The van der Waals surface area contributed by atoms with Crippen LogP contribution in [0.2, 0.25) is 0 Å². The van der Waals surface area contributed by atoms with Gasteiger partial charge in [-0.25, -0.2) is 13.4 Å². The zero-order valence-corrected chi connectivity index (χ0v) is 21.9. The summed E-state index contributed by atoms with van der Waals surface area (Å²) in [4.78, 5) is 22.3. The van der Waals surface area contributed by atoms with Crippen LogP contribution in [0.25, 0.3) is 10.2 Å². The van der Waals surface area contributed by atoms with Gasteiger partial charge in [-0.15, -0.1) is 11.3 Å². The SMILES string of the molecule is Cc1cc(C)c2sc(N(CCN(C)C)C(=O)C3CCN(S(=O)(=O)c4cccs4)CC3)nc2c1. The Labute approximate surface area is 203 Å². The Kier molecular flexibility index (Phi) is 7.20. The van der Waals surface area contributed by atoms with E-state index in [1.807, 2.05) is 19.0 Å². The van der Waals surface area contributed by atoms with Crippen LogP contribution in [0.4, 0.5) is 5.13 Å². The lowest BCUT2D eigenvalue weighted by Crippen LogP contribution is -2.45. The van der Waals surface area contributed by atoms with Crippen molar-refractivity contribution in [2.24, 2.45) is 5.92 Å². The van der Waals surface area contributed by atoms with Crippen LogP contribution in [0.1, 0.15) is 24.0 Å². The van der Waals surface area contributed by atoms with Gasteiger partial charge < -0.3 is 4.90 Å². The number of sulfonamides is 1. The number of fused-ring (bicyclic) bond motifs is 1. The summed E-state index contributed by atoms with van der Waals surface area (Å²) < 4.78 is 28.7. The highest BCUT2D eigenvalue weighted by Crippen LogP contribution is 2.34. The van der Waals surface area contributed by atoms with Gasteiger partial charge in [-0.2, -0.15) is 4.31 Å². The lowest BCUT2D eigenvalue weighted by molar-refractivity contribution is -0.123. The van der Waals surface area contributed by atoms with Crippen molar-refractivity contribution in [2.45, 2.75) is 30.9 Å². The first-order valence-electron chi connectivity index (χ1n) is 11.0. The summed E-state index contributed by atoms with van der Waals surface area (Å²) >= 11 is 2.79. The molecule has 3 heterocycles. The van der Waals surface area contributed by atoms with Crippen molar-refractivity contribution >= 4 is 54.0 Å². The van der Waals surface area contributed by atoms with E-state index >= 15 is 0 Å². The van der Waals surface area contributed by atoms with Gasteiger partial charge in [0.05, 0.1) is 10.2 Å². The fraction of sp³-hybridized carbons (Fsp3) is 0.478. The molecule has 7 nitrogen and oxygen atoms in total. The lowest BCUT2D eigenvalue weighted by atomic mass is 9.96. The summed E-state index contributed by atoms with van der Waals surface area (Å²) in [7, 11) is 0.499. The number of benzene rings is 1. The van der Waals surface area contributed by atoms with Crippen LogP contribution in [-0.4, -0.2) is 68.8 Å². The molecule has 0 spiro atoms. The van der Waals surface area contributed by atoms with Gasteiger partial charge in [0.25, 0.3) is 10.0 Å². The minimum Gasteiger partial charge on any atom is -0.308 e. The molecule has 1 aromatic carbocycles. The van der Waals surface area contributed by atoms with Gasteiger partial charge in [0.1, 0.15) is 4.21 Å². The summed E-state index contributed by atoms with van der Waals surface area (Å²) in [6, 6.07) is 7.58. The normalized spacial score (nSPS) is 16.0. The number of aromatic nitrogens is 1. The number of carbonyl (C=O) groups is 1. The minimum absolute atomic E-state index is 0.0402. The fourth-order valence-corrected chi connectivity index (χ4v) is 7.84. The number of carbonyl (C=O) groups excluding carboxylic acids is 1. The van der Waals surface area contributed by atoms with Crippen LogP contribution in [-0.2, 0) is 14.8 Å². The maximum Gasteiger partial charge on any atom is 0.252 e. The number of piperidine rings is 1. The maximum atomic E-state index is 13.6. The smallest absolute Gasteiger partial charge is 0.252 e. The Bertz CT molecular complexity index is 1230. The number of hydrogen-bond acceptors (Lipinski definition) is 7. The van der Waals surface area contributed by atoms with Gasteiger partial charge in [-0.3, -0.25) is 9.69 Å². The van der Waals surface area contributed by atoms with Gasteiger partial charge in [0, 0.05) is 32.1 Å². The topological polar surface area (TPSA) is 73.8 Å². The zero-order valence-electron chi connectivity index (χ0n) is 19.4. The molecule has 0 saturated carbocycles.